The predicted molar refractivity (Wildman–Crippen MR) is 123 cm³/mol. The molecule has 0 radical (unpaired) electrons. The lowest BCUT2D eigenvalue weighted by atomic mass is 10.0. The highest BCUT2D eigenvalue weighted by atomic mass is 32.2. The molecule has 1 aromatic rings. The molecular formula is C20H25N5O6S2. The summed E-state index contributed by atoms with van der Waals surface area (Å²) in [6, 6.07) is -0.901. The van der Waals surface area contributed by atoms with Gasteiger partial charge in [-0.25, -0.2) is 4.79 Å². The number of hydrogen-bond donors (Lipinski definition) is 3. The van der Waals surface area contributed by atoms with Crippen LogP contribution in [0.15, 0.2) is 17.3 Å². The number of nitrogens with zero attached hydrogens (tertiary/aromatic N) is 3. The van der Waals surface area contributed by atoms with E-state index in [2.05, 4.69) is 21.6 Å². The van der Waals surface area contributed by atoms with Gasteiger partial charge in [-0.3, -0.25) is 19.3 Å². The highest BCUT2D eigenvalue weighted by molar-refractivity contribution is 8.00. The lowest BCUT2D eigenvalue weighted by Gasteiger charge is -2.49. The maximum Gasteiger partial charge on any atom is 0.352 e. The van der Waals surface area contributed by atoms with Gasteiger partial charge >= 0.3 is 11.9 Å². The lowest BCUT2D eigenvalue weighted by Crippen LogP contribution is -2.70. The number of aliphatic carboxylic acids is 1. The van der Waals surface area contributed by atoms with E-state index in [9.17, 15) is 24.3 Å². The van der Waals surface area contributed by atoms with Crippen molar-refractivity contribution in [3.8, 4) is 0 Å². The van der Waals surface area contributed by atoms with Crippen LogP contribution in [0.25, 0.3) is 5.57 Å². The number of aromatic nitrogens is 2. The SMILES string of the molecule is CCCCC/C=C(\C(=O)NC1C(=O)N2C(C(=O)O)=C(COC(C)=O)CS[C@H]12)c1nsc(N)n1. The van der Waals surface area contributed by atoms with Gasteiger partial charge in [-0.15, -0.1) is 11.8 Å². The molecule has 1 fully saturated rings. The van der Waals surface area contributed by atoms with E-state index in [0.717, 1.165) is 35.7 Å². The number of carbonyl (C=O) groups excluding carboxylic acids is 3. The standard InChI is InChI=1S/C20H25N5O6S2/c1-3-4-5-6-7-12(15-23-20(21)33-24-15)16(27)22-13-17(28)25-14(19(29)30)11(8-31-10(2)26)9-32-18(13)25/h7,13,18H,3-6,8-9H2,1-2H3,(H,22,27)(H,29,30)(H2,21,23,24)/b12-7-/t13?,18-/m1/s1. The summed E-state index contributed by atoms with van der Waals surface area (Å²) in [5, 5.41) is 12.0. The number of carbonyl (C=O) groups is 4. The number of β-lactam (4-membered cyclic amide) rings is 1. The minimum atomic E-state index is -1.29. The van der Waals surface area contributed by atoms with Crippen LogP contribution in [0.4, 0.5) is 5.13 Å². The molecule has 0 bridgehead atoms. The van der Waals surface area contributed by atoms with Crippen LogP contribution in [0.3, 0.4) is 0 Å². The first-order valence-corrected chi connectivity index (χ1v) is 12.2. The number of allylic oxidation sites excluding steroid dienone is 1. The van der Waals surface area contributed by atoms with Crippen LogP contribution in [0, 0.1) is 0 Å². The topological polar surface area (TPSA) is 165 Å². The molecule has 0 aliphatic carbocycles. The van der Waals surface area contributed by atoms with Crippen LogP contribution in [-0.4, -0.2) is 66.9 Å². The third kappa shape index (κ3) is 5.53. The smallest absolute Gasteiger partial charge is 0.352 e. The van der Waals surface area contributed by atoms with Crippen molar-refractivity contribution >= 4 is 57.8 Å². The number of fused-ring (bicyclic) bond motifs is 1. The van der Waals surface area contributed by atoms with Gasteiger partial charge in [-0.05, 0) is 12.8 Å². The summed E-state index contributed by atoms with van der Waals surface area (Å²) in [5.41, 5.74) is 6.02. The Labute approximate surface area is 198 Å². The fourth-order valence-corrected chi connectivity index (χ4v) is 5.25. The fraction of sp³-hybridized carbons (Fsp3) is 0.500. The third-order valence-electron chi connectivity index (χ3n) is 5.07. The van der Waals surface area contributed by atoms with E-state index in [4.69, 9.17) is 10.5 Å². The number of esters is 1. The quantitative estimate of drug-likeness (QED) is 0.187. The van der Waals surface area contributed by atoms with Crippen molar-refractivity contribution in [2.24, 2.45) is 0 Å². The first-order valence-electron chi connectivity index (χ1n) is 10.4. The summed E-state index contributed by atoms with van der Waals surface area (Å²) in [6.45, 7) is 3.09. The molecule has 0 spiro atoms. The molecule has 11 nitrogen and oxygen atoms in total. The Morgan fingerprint density at radius 1 is 1.36 bits per heavy atom. The number of unbranched alkanes of at least 4 members (excludes halogenated alkanes) is 3. The Bertz CT molecular complexity index is 1020. The zero-order valence-electron chi connectivity index (χ0n) is 18.2. The van der Waals surface area contributed by atoms with Gasteiger partial charge < -0.3 is 20.9 Å². The highest BCUT2D eigenvalue weighted by Gasteiger charge is 2.54. The third-order valence-corrected chi connectivity index (χ3v) is 6.95. The van der Waals surface area contributed by atoms with Crippen molar-refractivity contribution in [2.75, 3.05) is 18.1 Å². The van der Waals surface area contributed by atoms with Crippen LogP contribution in [0.5, 0.6) is 0 Å². The molecule has 178 valence electrons. The molecule has 1 aromatic heterocycles. The minimum absolute atomic E-state index is 0.196. The Kier molecular flexibility index (Phi) is 8.08. The van der Waals surface area contributed by atoms with Gasteiger partial charge in [0.1, 0.15) is 23.7 Å². The molecule has 3 heterocycles. The van der Waals surface area contributed by atoms with Crippen LogP contribution >= 0.6 is 23.3 Å². The maximum atomic E-state index is 13.0. The largest absolute Gasteiger partial charge is 0.477 e. The summed E-state index contributed by atoms with van der Waals surface area (Å²) in [6.07, 6.45) is 5.30. The molecular weight excluding hydrogens is 470 g/mol. The fourth-order valence-electron chi connectivity index (χ4n) is 3.47. The van der Waals surface area contributed by atoms with E-state index in [0.29, 0.717) is 12.0 Å². The number of thioether (sulfide) groups is 1. The van der Waals surface area contributed by atoms with E-state index in [1.54, 1.807) is 6.08 Å². The van der Waals surface area contributed by atoms with Crippen molar-refractivity contribution < 1.29 is 29.0 Å². The predicted octanol–water partition coefficient (Wildman–Crippen LogP) is 1.39. The average Bonchev–Trinajstić information content (AvgIpc) is 3.20. The Hall–Kier alpha value is -2.93. The summed E-state index contributed by atoms with van der Waals surface area (Å²) < 4.78 is 9.04. The van der Waals surface area contributed by atoms with Gasteiger partial charge in [-0.1, -0.05) is 25.8 Å². The van der Waals surface area contributed by atoms with Crippen LogP contribution in [0.2, 0.25) is 0 Å². The second kappa shape index (κ2) is 10.8. The van der Waals surface area contributed by atoms with Crippen molar-refractivity contribution in [1.82, 2.24) is 19.6 Å². The number of rotatable bonds is 10. The van der Waals surface area contributed by atoms with Crippen LogP contribution in [-0.2, 0) is 23.9 Å². The summed E-state index contributed by atoms with van der Waals surface area (Å²) in [5.74, 6) is -2.46. The highest BCUT2D eigenvalue weighted by Crippen LogP contribution is 2.40. The summed E-state index contributed by atoms with van der Waals surface area (Å²) in [7, 11) is 0. The number of amides is 2. The van der Waals surface area contributed by atoms with Crippen molar-refractivity contribution in [3.05, 3.63) is 23.2 Å². The number of carboxylic acids is 1. The van der Waals surface area contributed by atoms with Crippen LogP contribution < -0.4 is 11.1 Å². The second-order valence-electron chi connectivity index (χ2n) is 7.47. The Morgan fingerprint density at radius 2 is 2.12 bits per heavy atom. The molecule has 1 saturated heterocycles. The van der Waals surface area contributed by atoms with Gasteiger partial charge in [-0.2, -0.15) is 9.36 Å². The summed E-state index contributed by atoms with van der Waals surface area (Å²) >= 11 is 2.26. The monoisotopic (exact) mass is 495 g/mol. The molecule has 0 saturated carbocycles. The van der Waals surface area contributed by atoms with E-state index < -0.39 is 35.2 Å². The van der Waals surface area contributed by atoms with Crippen molar-refractivity contribution in [3.63, 3.8) is 0 Å². The number of anilines is 1. The number of nitrogens with two attached hydrogens (primary N) is 1. The molecule has 1 unspecified atom stereocenters. The zero-order chi connectivity index (χ0) is 24.1. The molecule has 2 amide bonds. The van der Waals surface area contributed by atoms with Gasteiger partial charge in [0.2, 0.25) is 0 Å². The van der Waals surface area contributed by atoms with Crippen molar-refractivity contribution in [2.45, 2.75) is 50.9 Å². The molecule has 3 rings (SSSR count). The minimum Gasteiger partial charge on any atom is -0.477 e. The van der Waals surface area contributed by atoms with E-state index in [1.165, 1.54) is 18.7 Å². The maximum absolute atomic E-state index is 13.0. The normalized spacial score (nSPS) is 20.2. The molecule has 2 aliphatic rings. The average molecular weight is 496 g/mol. The molecule has 4 N–H and O–H groups in total. The lowest BCUT2D eigenvalue weighted by molar-refractivity contribution is -0.150. The van der Waals surface area contributed by atoms with Gasteiger partial charge in [0.05, 0.1) is 5.57 Å². The first kappa shape index (κ1) is 24.7. The number of hydrogen-bond acceptors (Lipinski definition) is 10. The Morgan fingerprint density at radius 3 is 2.73 bits per heavy atom. The molecule has 33 heavy (non-hydrogen) atoms. The first-order chi connectivity index (χ1) is 15.7. The summed E-state index contributed by atoms with van der Waals surface area (Å²) in [4.78, 5) is 54.0. The Balaban J connectivity index is 1.76. The van der Waals surface area contributed by atoms with Gasteiger partial charge in [0.25, 0.3) is 11.8 Å². The second-order valence-corrected chi connectivity index (χ2v) is 9.36. The molecule has 2 atom stereocenters. The zero-order valence-corrected chi connectivity index (χ0v) is 19.8. The molecule has 13 heteroatoms. The van der Waals surface area contributed by atoms with E-state index >= 15 is 0 Å². The number of nitrogens with one attached hydrogen (secondary N) is 1. The molecule has 0 aromatic carbocycles. The van der Waals surface area contributed by atoms with Crippen molar-refractivity contribution in [1.29, 1.82) is 0 Å². The number of nitrogen functional groups attached to an aromatic ring is 1. The van der Waals surface area contributed by atoms with E-state index in [-0.39, 0.29) is 34.6 Å². The van der Waals surface area contributed by atoms with E-state index in [1.807, 2.05) is 0 Å². The number of carboxylic acid groups (broad SMARTS) is 1. The molecule has 2 aliphatic heterocycles. The number of ether oxygens (including phenoxy) is 1. The van der Waals surface area contributed by atoms with Crippen LogP contribution in [0.1, 0.15) is 45.4 Å². The van der Waals surface area contributed by atoms with Gasteiger partial charge in [0.15, 0.2) is 11.0 Å². The van der Waals surface area contributed by atoms with Gasteiger partial charge in [0, 0.05) is 29.8 Å².